The molecule has 0 radical (unpaired) electrons. The van der Waals surface area contributed by atoms with Crippen molar-refractivity contribution in [2.24, 2.45) is 0 Å². The molecule has 3 rings (SSSR count). The van der Waals surface area contributed by atoms with Crippen LogP contribution >= 0.6 is 0 Å². The number of fused-ring (bicyclic) bond motifs is 1. The highest BCUT2D eigenvalue weighted by molar-refractivity contribution is 5.99. The second-order valence-electron chi connectivity index (χ2n) is 4.69. The number of pyridine rings is 1. The zero-order chi connectivity index (χ0) is 12.7. The summed E-state index contributed by atoms with van der Waals surface area (Å²) in [6.45, 7) is 2.06. The van der Waals surface area contributed by atoms with Crippen LogP contribution in [0.4, 0.5) is 0 Å². The summed E-state index contributed by atoms with van der Waals surface area (Å²) >= 11 is 0. The van der Waals surface area contributed by atoms with Gasteiger partial charge in [-0.25, -0.2) is 0 Å². The van der Waals surface area contributed by atoms with Gasteiger partial charge in [-0.05, 0) is 18.6 Å². The number of carbonyl (C=O) groups excluding carboxylic acids is 1. The minimum absolute atomic E-state index is 0.0122. The van der Waals surface area contributed by atoms with Crippen molar-refractivity contribution in [1.29, 1.82) is 0 Å². The number of benzene rings is 1. The van der Waals surface area contributed by atoms with Gasteiger partial charge in [0, 0.05) is 30.6 Å². The number of aromatic nitrogens is 1. The SMILES string of the molecule is Cc1ccc(C2c3cnccc3C(=O)N2C)cc1. The van der Waals surface area contributed by atoms with Crippen LogP contribution in [0.2, 0.25) is 0 Å². The molecule has 18 heavy (non-hydrogen) atoms. The second-order valence-corrected chi connectivity index (χ2v) is 4.69. The molecule has 1 atom stereocenters. The van der Waals surface area contributed by atoms with Gasteiger partial charge in [0.25, 0.3) is 5.91 Å². The van der Waals surface area contributed by atoms with Crippen LogP contribution in [-0.2, 0) is 0 Å². The smallest absolute Gasteiger partial charge is 0.254 e. The van der Waals surface area contributed by atoms with Gasteiger partial charge in [0.15, 0.2) is 0 Å². The van der Waals surface area contributed by atoms with Crippen molar-refractivity contribution in [3.63, 3.8) is 0 Å². The Morgan fingerprint density at radius 3 is 2.61 bits per heavy atom. The topological polar surface area (TPSA) is 33.2 Å². The van der Waals surface area contributed by atoms with E-state index in [0.29, 0.717) is 0 Å². The Morgan fingerprint density at radius 2 is 1.89 bits per heavy atom. The molecule has 0 aliphatic carbocycles. The van der Waals surface area contributed by atoms with E-state index >= 15 is 0 Å². The lowest BCUT2D eigenvalue weighted by atomic mass is 9.99. The number of hydrogen-bond donors (Lipinski definition) is 0. The van der Waals surface area contributed by atoms with Gasteiger partial charge in [-0.2, -0.15) is 0 Å². The average molecular weight is 238 g/mol. The van der Waals surface area contributed by atoms with Gasteiger partial charge in [0.2, 0.25) is 0 Å². The molecule has 1 aromatic carbocycles. The summed E-state index contributed by atoms with van der Waals surface area (Å²) in [5.74, 6) is 0.0676. The lowest BCUT2D eigenvalue weighted by Gasteiger charge is -2.21. The molecule has 0 spiro atoms. The highest BCUT2D eigenvalue weighted by atomic mass is 16.2. The molecule has 0 fully saturated rings. The van der Waals surface area contributed by atoms with Crippen molar-refractivity contribution < 1.29 is 4.79 Å². The third-order valence-electron chi connectivity index (χ3n) is 3.48. The van der Waals surface area contributed by atoms with E-state index in [9.17, 15) is 4.79 Å². The number of aryl methyl sites for hydroxylation is 1. The maximum absolute atomic E-state index is 12.1. The minimum atomic E-state index is -0.0122. The zero-order valence-electron chi connectivity index (χ0n) is 10.4. The molecule has 1 unspecified atom stereocenters. The Labute approximate surface area is 106 Å². The molecular weight excluding hydrogens is 224 g/mol. The van der Waals surface area contributed by atoms with Gasteiger partial charge < -0.3 is 4.90 Å². The van der Waals surface area contributed by atoms with Gasteiger partial charge in [0.05, 0.1) is 6.04 Å². The molecule has 3 heteroatoms. The van der Waals surface area contributed by atoms with Gasteiger partial charge in [-0.15, -0.1) is 0 Å². The van der Waals surface area contributed by atoms with E-state index in [0.717, 1.165) is 16.7 Å². The number of nitrogens with zero attached hydrogens (tertiary/aromatic N) is 2. The van der Waals surface area contributed by atoms with Crippen LogP contribution < -0.4 is 0 Å². The number of carbonyl (C=O) groups is 1. The summed E-state index contributed by atoms with van der Waals surface area (Å²) in [4.78, 5) is 18.1. The van der Waals surface area contributed by atoms with Crippen LogP contribution in [-0.4, -0.2) is 22.8 Å². The van der Waals surface area contributed by atoms with Crippen LogP contribution in [0.3, 0.4) is 0 Å². The Hall–Kier alpha value is -2.16. The summed E-state index contributed by atoms with van der Waals surface area (Å²) in [6.07, 6.45) is 3.46. The molecule has 1 aliphatic heterocycles. The van der Waals surface area contributed by atoms with Crippen LogP contribution in [0.5, 0.6) is 0 Å². The van der Waals surface area contributed by atoms with Crippen LogP contribution in [0.15, 0.2) is 42.7 Å². The molecule has 90 valence electrons. The molecule has 1 aliphatic rings. The van der Waals surface area contributed by atoms with E-state index in [1.54, 1.807) is 23.4 Å². The van der Waals surface area contributed by atoms with Gasteiger partial charge in [-0.3, -0.25) is 9.78 Å². The molecule has 0 saturated heterocycles. The fourth-order valence-electron chi connectivity index (χ4n) is 2.49. The Balaban J connectivity index is 2.13. The van der Waals surface area contributed by atoms with Crippen LogP contribution in [0.1, 0.15) is 33.1 Å². The first kappa shape index (κ1) is 11.0. The summed E-state index contributed by atoms with van der Waals surface area (Å²) in [6, 6.07) is 10.1. The predicted molar refractivity (Wildman–Crippen MR) is 69.4 cm³/mol. The highest BCUT2D eigenvalue weighted by Gasteiger charge is 2.34. The van der Waals surface area contributed by atoms with Crippen molar-refractivity contribution in [3.05, 3.63) is 65.0 Å². The highest BCUT2D eigenvalue weighted by Crippen LogP contribution is 2.36. The zero-order valence-corrected chi connectivity index (χ0v) is 10.4. The lowest BCUT2D eigenvalue weighted by Crippen LogP contribution is -2.23. The third kappa shape index (κ3) is 1.51. The molecule has 0 N–H and O–H groups in total. The lowest BCUT2D eigenvalue weighted by molar-refractivity contribution is 0.0793. The van der Waals surface area contributed by atoms with Crippen molar-refractivity contribution in [3.8, 4) is 0 Å². The normalized spacial score (nSPS) is 18.0. The molecule has 0 saturated carbocycles. The quantitative estimate of drug-likeness (QED) is 0.765. The molecule has 1 amide bonds. The van der Waals surface area contributed by atoms with Crippen molar-refractivity contribution >= 4 is 5.91 Å². The standard InChI is InChI=1S/C15H14N2O/c1-10-3-5-11(6-4-10)14-13-9-16-8-7-12(13)15(18)17(14)2/h3-9,14H,1-2H3. The largest absolute Gasteiger partial charge is 0.330 e. The number of rotatable bonds is 1. The molecular formula is C15H14N2O. The third-order valence-corrected chi connectivity index (χ3v) is 3.48. The van der Waals surface area contributed by atoms with Gasteiger partial charge in [-0.1, -0.05) is 29.8 Å². The minimum Gasteiger partial charge on any atom is -0.330 e. The summed E-state index contributed by atoms with van der Waals surface area (Å²) < 4.78 is 0. The maximum Gasteiger partial charge on any atom is 0.254 e. The van der Waals surface area contributed by atoms with E-state index in [1.807, 2.05) is 7.05 Å². The van der Waals surface area contributed by atoms with Crippen molar-refractivity contribution in [2.45, 2.75) is 13.0 Å². The van der Waals surface area contributed by atoms with E-state index < -0.39 is 0 Å². The first-order valence-electron chi connectivity index (χ1n) is 5.96. The summed E-state index contributed by atoms with van der Waals surface area (Å²) in [7, 11) is 1.84. The van der Waals surface area contributed by atoms with Crippen molar-refractivity contribution in [2.75, 3.05) is 7.05 Å². The first-order valence-corrected chi connectivity index (χ1v) is 5.96. The molecule has 0 bridgehead atoms. The Kier molecular flexibility index (Phi) is 2.40. The maximum atomic E-state index is 12.1. The van der Waals surface area contributed by atoms with E-state index in [4.69, 9.17) is 0 Å². The van der Waals surface area contributed by atoms with Gasteiger partial charge >= 0.3 is 0 Å². The Morgan fingerprint density at radius 1 is 1.17 bits per heavy atom. The van der Waals surface area contributed by atoms with Gasteiger partial charge in [0.1, 0.15) is 0 Å². The fraction of sp³-hybridized carbons (Fsp3) is 0.200. The molecule has 2 aromatic rings. The summed E-state index contributed by atoms with van der Waals surface area (Å²) in [5, 5.41) is 0. The monoisotopic (exact) mass is 238 g/mol. The van der Waals surface area contributed by atoms with Crippen molar-refractivity contribution in [1.82, 2.24) is 9.88 Å². The van der Waals surface area contributed by atoms with Crippen LogP contribution in [0.25, 0.3) is 0 Å². The van der Waals surface area contributed by atoms with E-state index in [1.165, 1.54) is 5.56 Å². The number of amides is 1. The molecule has 2 heterocycles. The average Bonchev–Trinajstić information content (AvgIpc) is 2.64. The van der Waals surface area contributed by atoms with E-state index in [-0.39, 0.29) is 11.9 Å². The van der Waals surface area contributed by atoms with Crippen LogP contribution in [0, 0.1) is 6.92 Å². The second kappa shape index (κ2) is 3.95. The number of hydrogen-bond acceptors (Lipinski definition) is 2. The first-order chi connectivity index (χ1) is 8.68. The molecule has 1 aromatic heterocycles. The van der Waals surface area contributed by atoms with E-state index in [2.05, 4.69) is 36.2 Å². The Bertz CT molecular complexity index is 604. The summed E-state index contributed by atoms with van der Waals surface area (Å²) in [5.41, 5.74) is 4.10. The predicted octanol–water partition coefficient (Wildman–Crippen LogP) is 2.57. The molecule has 3 nitrogen and oxygen atoms in total. The fourth-order valence-corrected chi connectivity index (χ4v) is 2.49.